The van der Waals surface area contributed by atoms with Crippen LogP contribution < -0.4 is 4.90 Å². The number of piperidine rings is 1. The van der Waals surface area contributed by atoms with Crippen molar-refractivity contribution in [3.8, 4) is 6.07 Å². The molecule has 0 saturated carbocycles. The first-order valence-corrected chi connectivity index (χ1v) is 9.87. The van der Waals surface area contributed by atoms with Crippen molar-refractivity contribution in [2.75, 3.05) is 38.1 Å². The molecule has 6 nitrogen and oxygen atoms in total. The molecule has 2 aromatic rings. The Bertz CT molecular complexity index is 881. The standard InChI is InChI=1S/C23H27N3O3/c1-25(21-5-3-2-4-20(21)22(27)28)17-23(29)11-14-26(15-12-23)13-10-18-6-8-19(16-24)9-7-18/h2-9,29H,10-15,17H2,1H3,(H,27,28). The third kappa shape index (κ3) is 5.35. The zero-order chi connectivity index (χ0) is 20.9. The van der Waals surface area contributed by atoms with Gasteiger partial charge in [-0.25, -0.2) is 4.79 Å². The maximum absolute atomic E-state index is 11.5. The third-order valence-electron chi connectivity index (χ3n) is 5.66. The number of nitrogens with zero attached hydrogens (tertiary/aromatic N) is 3. The first kappa shape index (κ1) is 20.8. The van der Waals surface area contributed by atoms with Crippen molar-refractivity contribution < 1.29 is 15.0 Å². The van der Waals surface area contributed by atoms with Crippen LogP contribution in [0.5, 0.6) is 0 Å². The Morgan fingerprint density at radius 2 is 1.83 bits per heavy atom. The molecule has 2 aromatic carbocycles. The van der Waals surface area contributed by atoms with Crippen molar-refractivity contribution in [1.29, 1.82) is 5.26 Å². The minimum atomic E-state index is -0.961. The van der Waals surface area contributed by atoms with E-state index in [1.807, 2.05) is 42.3 Å². The molecule has 0 amide bonds. The zero-order valence-corrected chi connectivity index (χ0v) is 16.7. The summed E-state index contributed by atoms with van der Waals surface area (Å²) in [6, 6.07) is 16.7. The van der Waals surface area contributed by atoms with Crippen LogP contribution in [-0.2, 0) is 6.42 Å². The van der Waals surface area contributed by atoms with Crippen LogP contribution in [0.4, 0.5) is 5.69 Å². The van der Waals surface area contributed by atoms with Gasteiger partial charge in [0.05, 0.1) is 28.5 Å². The average Bonchev–Trinajstić information content (AvgIpc) is 2.73. The van der Waals surface area contributed by atoms with Gasteiger partial charge in [0.2, 0.25) is 0 Å². The summed E-state index contributed by atoms with van der Waals surface area (Å²) in [4.78, 5) is 15.6. The maximum atomic E-state index is 11.5. The Kier molecular flexibility index (Phi) is 6.53. The molecule has 1 saturated heterocycles. The molecule has 0 unspecified atom stereocenters. The lowest BCUT2D eigenvalue weighted by molar-refractivity contribution is -0.0137. The summed E-state index contributed by atoms with van der Waals surface area (Å²) in [6.45, 7) is 2.93. The van der Waals surface area contributed by atoms with Gasteiger partial charge in [0.15, 0.2) is 0 Å². The number of hydrogen-bond donors (Lipinski definition) is 2. The second kappa shape index (κ2) is 9.08. The first-order valence-electron chi connectivity index (χ1n) is 9.87. The van der Waals surface area contributed by atoms with E-state index in [0.717, 1.165) is 26.1 Å². The number of likely N-dealkylation sites (tertiary alicyclic amines) is 1. The molecule has 1 aliphatic heterocycles. The summed E-state index contributed by atoms with van der Waals surface area (Å²) in [7, 11) is 1.83. The summed E-state index contributed by atoms with van der Waals surface area (Å²) in [5.74, 6) is -0.961. The number of likely N-dealkylation sites (N-methyl/N-ethyl adjacent to an activating group) is 1. The number of benzene rings is 2. The molecule has 2 N–H and O–H groups in total. The van der Waals surface area contributed by atoms with Crippen LogP contribution in [0, 0.1) is 11.3 Å². The Morgan fingerprint density at radius 1 is 1.17 bits per heavy atom. The van der Waals surface area contributed by atoms with E-state index in [4.69, 9.17) is 5.26 Å². The van der Waals surface area contributed by atoms with Crippen LogP contribution in [-0.4, -0.2) is 59.9 Å². The minimum absolute atomic E-state index is 0.249. The van der Waals surface area contributed by atoms with Crippen molar-refractivity contribution in [3.05, 3.63) is 65.2 Å². The van der Waals surface area contributed by atoms with Crippen LogP contribution in [0.3, 0.4) is 0 Å². The summed E-state index contributed by atoms with van der Waals surface area (Å²) in [5.41, 5.74) is 1.92. The molecule has 1 fully saturated rings. The number of aliphatic hydroxyl groups is 1. The molecular formula is C23H27N3O3. The van der Waals surface area contributed by atoms with E-state index in [1.54, 1.807) is 18.2 Å². The van der Waals surface area contributed by atoms with Crippen LogP contribution in [0.2, 0.25) is 0 Å². The molecule has 0 radical (unpaired) electrons. The number of anilines is 1. The average molecular weight is 393 g/mol. The number of carbonyl (C=O) groups is 1. The monoisotopic (exact) mass is 393 g/mol. The molecule has 29 heavy (non-hydrogen) atoms. The highest BCUT2D eigenvalue weighted by Crippen LogP contribution is 2.27. The summed E-state index contributed by atoms with van der Waals surface area (Å²) >= 11 is 0. The number of nitriles is 1. The molecule has 0 atom stereocenters. The quantitative estimate of drug-likeness (QED) is 0.752. The van der Waals surface area contributed by atoms with Crippen LogP contribution >= 0.6 is 0 Å². The molecule has 0 spiro atoms. The fourth-order valence-corrected chi connectivity index (χ4v) is 3.90. The molecule has 3 rings (SSSR count). The lowest BCUT2D eigenvalue weighted by Crippen LogP contribution is -2.50. The van der Waals surface area contributed by atoms with Gasteiger partial charge in [0.25, 0.3) is 0 Å². The van der Waals surface area contributed by atoms with Crippen LogP contribution in [0.1, 0.15) is 34.3 Å². The molecule has 0 bridgehead atoms. The Hall–Kier alpha value is -2.88. The highest BCUT2D eigenvalue weighted by Gasteiger charge is 2.33. The number of carboxylic acid groups (broad SMARTS) is 1. The van der Waals surface area contributed by atoms with Crippen LogP contribution in [0.15, 0.2) is 48.5 Å². The van der Waals surface area contributed by atoms with Gasteiger partial charge in [-0.2, -0.15) is 5.26 Å². The van der Waals surface area contributed by atoms with Gasteiger partial charge in [-0.15, -0.1) is 0 Å². The van der Waals surface area contributed by atoms with E-state index < -0.39 is 11.6 Å². The molecule has 6 heteroatoms. The van der Waals surface area contributed by atoms with Gasteiger partial charge in [0.1, 0.15) is 0 Å². The summed E-state index contributed by atoms with van der Waals surface area (Å²) in [5, 5.41) is 29.3. The second-order valence-corrected chi connectivity index (χ2v) is 7.80. The Balaban J connectivity index is 1.52. The first-order chi connectivity index (χ1) is 13.9. The van der Waals surface area contributed by atoms with E-state index in [9.17, 15) is 15.0 Å². The SMILES string of the molecule is CN(CC1(O)CCN(CCc2ccc(C#N)cc2)CC1)c1ccccc1C(=O)O. The minimum Gasteiger partial charge on any atom is -0.478 e. The number of aromatic carboxylic acids is 1. The summed E-state index contributed by atoms with van der Waals surface area (Å²) in [6.07, 6.45) is 2.22. The highest BCUT2D eigenvalue weighted by atomic mass is 16.4. The number of carboxylic acids is 1. The zero-order valence-electron chi connectivity index (χ0n) is 16.7. The Morgan fingerprint density at radius 3 is 2.45 bits per heavy atom. The predicted molar refractivity (Wildman–Crippen MR) is 112 cm³/mol. The lowest BCUT2D eigenvalue weighted by atomic mass is 9.90. The topological polar surface area (TPSA) is 87.8 Å². The van der Waals surface area contributed by atoms with Crippen molar-refractivity contribution in [3.63, 3.8) is 0 Å². The molecular weight excluding hydrogens is 366 g/mol. The van der Waals surface area contributed by atoms with Crippen molar-refractivity contribution in [1.82, 2.24) is 4.90 Å². The third-order valence-corrected chi connectivity index (χ3v) is 5.66. The van der Waals surface area contributed by atoms with Gasteiger partial charge in [0, 0.05) is 33.2 Å². The predicted octanol–water partition coefficient (Wildman–Crippen LogP) is 2.76. The van der Waals surface area contributed by atoms with Gasteiger partial charge in [-0.3, -0.25) is 0 Å². The van der Waals surface area contributed by atoms with E-state index in [0.29, 0.717) is 30.6 Å². The second-order valence-electron chi connectivity index (χ2n) is 7.80. The number of rotatable bonds is 7. The number of hydrogen-bond acceptors (Lipinski definition) is 5. The fraction of sp³-hybridized carbons (Fsp3) is 0.391. The molecule has 1 aliphatic rings. The highest BCUT2D eigenvalue weighted by molar-refractivity contribution is 5.94. The number of para-hydroxylation sites is 1. The normalized spacial score (nSPS) is 16.2. The largest absolute Gasteiger partial charge is 0.478 e. The Labute approximate surface area is 171 Å². The smallest absolute Gasteiger partial charge is 0.337 e. The maximum Gasteiger partial charge on any atom is 0.337 e. The van der Waals surface area contributed by atoms with Gasteiger partial charge >= 0.3 is 5.97 Å². The fourth-order valence-electron chi connectivity index (χ4n) is 3.90. The van der Waals surface area contributed by atoms with E-state index in [-0.39, 0.29) is 5.56 Å². The van der Waals surface area contributed by atoms with E-state index in [2.05, 4.69) is 11.0 Å². The van der Waals surface area contributed by atoms with Crippen molar-refractivity contribution in [2.24, 2.45) is 0 Å². The molecule has 152 valence electrons. The van der Waals surface area contributed by atoms with Crippen molar-refractivity contribution >= 4 is 11.7 Å². The van der Waals surface area contributed by atoms with Gasteiger partial charge in [-0.1, -0.05) is 24.3 Å². The summed E-state index contributed by atoms with van der Waals surface area (Å²) < 4.78 is 0. The van der Waals surface area contributed by atoms with Crippen molar-refractivity contribution in [2.45, 2.75) is 24.9 Å². The molecule has 1 heterocycles. The van der Waals surface area contributed by atoms with Crippen LogP contribution in [0.25, 0.3) is 0 Å². The van der Waals surface area contributed by atoms with E-state index >= 15 is 0 Å². The molecule has 0 aliphatic carbocycles. The van der Waals surface area contributed by atoms with Gasteiger partial charge < -0.3 is 20.0 Å². The van der Waals surface area contributed by atoms with E-state index in [1.165, 1.54) is 5.56 Å². The van der Waals surface area contributed by atoms with Gasteiger partial charge in [-0.05, 0) is 49.1 Å². The molecule has 0 aromatic heterocycles. The lowest BCUT2D eigenvalue weighted by Gasteiger charge is -2.41.